The number of aromatic nitrogens is 1. The summed E-state index contributed by atoms with van der Waals surface area (Å²) in [7, 11) is 0. The number of nitrogens with zero attached hydrogens (tertiary/aromatic N) is 1. The Morgan fingerprint density at radius 1 is 1.24 bits per heavy atom. The number of amides is 2. The molecule has 1 fully saturated rings. The van der Waals surface area contributed by atoms with Gasteiger partial charge in [0.15, 0.2) is 0 Å². The van der Waals surface area contributed by atoms with Gasteiger partial charge in [0.2, 0.25) is 0 Å². The van der Waals surface area contributed by atoms with E-state index in [0.29, 0.717) is 17.3 Å². The molecular formula is C19H22ClN3O2. The number of aryl methyl sites for hydroxylation is 2. The summed E-state index contributed by atoms with van der Waals surface area (Å²) in [5.74, 6) is 0. The van der Waals surface area contributed by atoms with Crippen LogP contribution in [0.1, 0.15) is 35.6 Å². The van der Waals surface area contributed by atoms with Crippen molar-refractivity contribution < 1.29 is 9.53 Å². The maximum absolute atomic E-state index is 12.5. The van der Waals surface area contributed by atoms with Crippen molar-refractivity contribution in [2.45, 2.75) is 38.8 Å². The first-order chi connectivity index (χ1) is 12.0. The molecule has 0 spiro atoms. The number of urea groups is 1. The number of anilines is 1. The van der Waals surface area contributed by atoms with E-state index in [-0.39, 0.29) is 18.2 Å². The zero-order valence-corrected chi connectivity index (χ0v) is 15.1. The summed E-state index contributed by atoms with van der Waals surface area (Å²) in [6, 6.07) is 7.21. The fraction of sp³-hybridized carbons (Fsp3) is 0.368. The molecule has 1 aromatic carbocycles. The molecule has 2 N–H and O–H groups in total. The lowest BCUT2D eigenvalue weighted by atomic mass is 9.97. The highest BCUT2D eigenvalue weighted by Gasteiger charge is 2.28. The molecule has 2 aromatic rings. The van der Waals surface area contributed by atoms with Crippen LogP contribution in [0.4, 0.5) is 10.5 Å². The van der Waals surface area contributed by atoms with Crippen molar-refractivity contribution in [3.8, 4) is 0 Å². The van der Waals surface area contributed by atoms with Crippen LogP contribution in [0.2, 0.25) is 5.02 Å². The SMILES string of the molecule is Cc1cc(Cl)c(NC(=O)N[C@H]2CCCO[C@@H]2c2ccncc2)cc1C. The molecule has 0 radical (unpaired) electrons. The van der Waals surface area contributed by atoms with Crippen LogP contribution in [0.5, 0.6) is 0 Å². The maximum Gasteiger partial charge on any atom is 0.319 e. The van der Waals surface area contributed by atoms with Gasteiger partial charge in [0.1, 0.15) is 6.10 Å². The highest BCUT2D eigenvalue weighted by Crippen LogP contribution is 2.29. The minimum atomic E-state index is -0.278. The summed E-state index contributed by atoms with van der Waals surface area (Å²) >= 11 is 6.24. The molecule has 132 valence electrons. The predicted octanol–water partition coefficient (Wildman–Crippen LogP) is 4.39. The van der Waals surface area contributed by atoms with Gasteiger partial charge in [-0.15, -0.1) is 0 Å². The third-order valence-electron chi connectivity index (χ3n) is 4.51. The standard InChI is InChI=1S/C19H22ClN3O2/c1-12-10-15(20)17(11-13(12)2)23-19(24)22-16-4-3-9-25-18(16)14-5-7-21-8-6-14/h5-8,10-11,16,18H,3-4,9H2,1-2H3,(H2,22,23,24)/t16-,18+/m0/s1. The van der Waals surface area contributed by atoms with Crippen LogP contribution in [-0.2, 0) is 4.74 Å². The molecule has 0 bridgehead atoms. The molecule has 25 heavy (non-hydrogen) atoms. The largest absolute Gasteiger partial charge is 0.371 e. The average molecular weight is 360 g/mol. The molecule has 0 aliphatic carbocycles. The van der Waals surface area contributed by atoms with Crippen LogP contribution in [0.25, 0.3) is 0 Å². The highest BCUT2D eigenvalue weighted by atomic mass is 35.5. The molecule has 1 aliphatic heterocycles. The minimum absolute atomic E-state index is 0.0959. The van der Waals surface area contributed by atoms with E-state index in [9.17, 15) is 4.79 Å². The van der Waals surface area contributed by atoms with E-state index in [4.69, 9.17) is 16.3 Å². The van der Waals surface area contributed by atoms with Crippen molar-refractivity contribution in [3.63, 3.8) is 0 Å². The van der Waals surface area contributed by atoms with E-state index in [1.807, 2.05) is 38.1 Å². The summed E-state index contributed by atoms with van der Waals surface area (Å²) in [6.45, 7) is 4.67. The zero-order chi connectivity index (χ0) is 17.8. The Kier molecular flexibility index (Phi) is 5.56. The topological polar surface area (TPSA) is 63.2 Å². The monoisotopic (exact) mass is 359 g/mol. The normalized spacial score (nSPS) is 20.1. The summed E-state index contributed by atoms with van der Waals surface area (Å²) in [6.07, 6.45) is 5.08. The fourth-order valence-corrected chi connectivity index (χ4v) is 3.28. The first-order valence-electron chi connectivity index (χ1n) is 8.40. The van der Waals surface area contributed by atoms with Gasteiger partial charge in [0, 0.05) is 19.0 Å². The fourth-order valence-electron chi connectivity index (χ4n) is 3.01. The molecule has 0 unspecified atom stereocenters. The van der Waals surface area contributed by atoms with Gasteiger partial charge >= 0.3 is 6.03 Å². The lowest BCUT2D eigenvalue weighted by Crippen LogP contribution is -2.44. The number of halogens is 1. The van der Waals surface area contributed by atoms with Crippen LogP contribution < -0.4 is 10.6 Å². The summed E-state index contributed by atoms with van der Waals surface area (Å²) in [5, 5.41) is 6.40. The maximum atomic E-state index is 12.5. The predicted molar refractivity (Wildman–Crippen MR) is 99.0 cm³/mol. The Morgan fingerprint density at radius 2 is 1.96 bits per heavy atom. The van der Waals surface area contributed by atoms with Crippen LogP contribution in [0.15, 0.2) is 36.7 Å². The molecule has 1 saturated heterocycles. The number of carbonyl (C=O) groups is 1. The molecule has 2 heterocycles. The number of nitrogens with one attached hydrogen (secondary N) is 2. The van der Waals surface area contributed by atoms with Crippen molar-refractivity contribution in [1.82, 2.24) is 10.3 Å². The number of hydrogen-bond acceptors (Lipinski definition) is 3. The van der Waals surface area contributed by atoms with E-state index in [1.54, 1.807) is 12.4 Å². The van der Waals surface area contributed by atoms with Crippen LogP contribution in [-0.4, -0.2) is 23.7 Å². The van der Waals surface area contributed by atoms with Crippen molar-refractivity contribution in [1.29, 1.82) is 0 Å². The number of benzene rings is 1. The van der Waals surface area contributed by atoms with Gasteiger partial charge < -0.3 is 15.4 Å². The third kappa shape index (κ3) is 4.30. The van der Waals surface area contributed by atoms with Gasteiger partial charge in [-0.05, 0) is 67.6 Å². The number of ether oxygens (including phenoxy) is 1. The second-order valence-electron chi connectivity index (χ2n) is 6.34. The van der Waals surface area contributed by atoms with Crippen LogP contribution >= 0.6 is 11.6 Å². The molecule has 2 atom stereocenters. The van der Waals surface area contributed by atoms with Gasteiger partial charge in [-0.1, -0.05) is 11.6 Å². The molecule has 3 rings (SSSR count). The Bertz CT molecular complexity index is 752. The third-order valence-corrected chi connectivity index (χ3v) is 4.82. The van der Waals surface area contributed by atoms with Gasteiger partial charge in [-0.25, -0.2) is 4.79 Å². The average Bonchev–Trinajstić information content (AvgIpc) is 2.61. The van der Waals surface area contributed by atoms with Gasteiger partial charge in [0.25, 0.3) is 0 Å². The molecule has 0 saturated carbocycles. The Balaban J connectivity index is 1.70. The van der Waals surface area contributed by atoms with E-state index >= 15 is 0 Å². The quantitative estimate of drug-likeness (QED) is 0.854. The molecule has 2 amide bonds. The second-order valence-corrected chi connectivity index (χ2v) is 6.74. The molecular weight excluding hydrogens is 338 g/mol. The zero-order valence-electron chi connectivity index (χ0n) is 14.4. The summed E-state index contributed by atoms with van der Waals surface area (Å²) in [4.78, 5) is 16.5. The van der Waals surface area contributed by atoms with E-state index < -0.39 is 0 Å². The lowest BCUT2D eigenvalue weighted by Gasteiger charge is -2.32. The van der Waals surface area contributed by atoms with Gasteiger partial charge in [-0.2, -0.15) is 0 Å². The van der Waals surface area contributed by atoms with Crippen molar-refractivity contribution in [2.75, 3.05) is 11.9 Å². The summed E-state index contributed by atoms with van der Waals surface area (Å²) < 4.78 is 5.89. The minimum Gasteiger partial charge on any atom is -0.371 e. The smallest absolute Gasteiger partial charge is 0.319 e. The Hall–Kier alpha value is -2.11. The number of carbonyl (C=O) groups excluding carboxylic acids is 1. The number of rotatable bonds is 3. The van der Waals surface area contributed by atoms with Crippen molar-refractivity contribution in [3.05, 3.63) is 58.4 Å². The molecule has 1 aliphatic rings. The second kappa shape index (κ2) is 7.85. The van der Waals surface area contributed by atoms with E-state index in [2.05, 4.69) is 15.6 Å². The van der Waals surface area contributed by atoms with E-state index in [1.165, 1.54) is 0 Å². The van der Waals surface area contributed by atoms with Crippen molar-refractivity contribution in [2.24, 2.45) is 0 Å². The summed E-state index contributed by atoms with van der Waals surface area (Å²) in [5.41, 5.74) is 3.80. The Labute approximate surface area is 152 Å². The Morgan fingerprint density at radius 3 is 2.72 bits per heavy atom. The molecule has 6 heteroatoms. The van der Waals surface area contributed by atoms with Crippen LogP contribution in [0, 0.1) is 13.8 Å². The van der Waals surface area contributed by atoms with Crippen LogP contribution in [0.3, 0.4) is 0 Å². The van der Waals surface area contributed by atoms with Crippen molar-refractivity contribution >= 4 is 23.3 Å². The van der Waals surface area contributed by atoms with Gasteiger partial charge in [-0.3, -0.25) is 4.98 Å². The number of hydrogen-bond donors (Lipinski definition) is 2. The van der Waals surface area contributed by atoms with E-state index in [0.717, 1.165) is 29.5 Å². The number of pyridine rings is 1. The highest BCUT2D eigenvalue weighted by molar-refractivity contribution is 6.33. The molecule has 1 aromatic heterocycles. The lowest BCUT2D eigenvalue weighted by molar-refractivity contribution is -0.00701. The first-order valence-corrected chi connectivity index (χ1v) is 8.78. The molecule has 5 nitrogen and oxygen atoms in total. The van der Waals surface area contributed by atoms with Gasteiger partial charge in [0.05, 0.1) is 16.8 Å². The first kappa shape index (κ1) is 17.7.